The second kappa shape index (κ2) is 9.37. The molecule has 1 aliphatic rings. The van der Waals surface area contributed by atoms with Crippen LogP contribution in [0.4, 0.5) is 5.82 Å². The van der Waals surface area contributed by atoms with Gasteiger partial charge in [-0.3, -0.25) is 4.79 Å². The van der Waals surface area contributed by atoms with Gasteiger partial charge in [-0.2, -0.15) is 0 Å². The Kier molecular flexibility index (Phi) is 6.65. The van der Waals surface area contributed by atoms with Crippen LogP contribution >= 0.6 is 0 Å². The van der Waals surface area contributed by atoms with Crippen LogP contribution in [0.1, 0.15) is 22.3 Å². The van der Waals surface area contributed by atoms with Crippen LogP contribution in [0.3, 0.4) is 0 Å². The highest BCUT2D eigenvalue weighted by Crippen LogP contribution is 2.14. The Morgan fingerprint density at radius 1 is 1.11 bits per heavy atom. The number of amides is 1. The van der Waals surface area contributed by atoms with Crippen LogP contribution in [0.5, 0.6) is 5.75 Å². The van der Waals surface area contributed by atoms with Crippen molar-refractivity contribution >= 4 is 11.7 Å². The normalized spacial score (nSPS) is 14.8. The molecule has 0 radical (unpaired) electrons. The Labute approximate surface area is 161 Å². The van der Waals surface area contributed by atoms with Crippen molar-refractivity contribution in [3.63, 3.8) is 0 Å². The minimum atomic E-state index is -0.0674. The number of anilines is 1. The lowest BCUT2D eigenvalue weighted by atomic mass is 10.1. The summed E-state index contributed by atoms with van der Waals surface area (Å²) in [4.78, 5) is 21.3. The third-order valence-corrected chi connectivity index (χ3v) is 4.92. The highest BCUT2D eigenvalue weighted by molar-refractivity contribution is 5.94. The summed E-state index contributed by atoms with van der Waals surface area (Å²) in [5.41, 5.74) is 1.85. The van der Waals surface area contributed by atoms with Crippen LogP contribution in [0.15, 0.2) is 42.6 Å². The summed E-state index contributed by atoms with van der Waals surface area (Å²) < 4.78 is 5.16. The molecule has 1 N–H and O–H groups in total. The molecule has 1 saturated heterocycles. The molecule has 6 nitrogen and oxygen atoms in total. The first kappa shape index (κ1) is 19.2. The number of aryl methyl sites for hydroxylation is 1. The van der Waals surface area contributed by atoms with Crippen molar-refractivity contribution in [3.8, 4) is 5.75 Å². The molecule has 2 aromatic rings. The van der Waals surface area contributed by atoms with Gasteiger partial charge in [0.15, 0.2) is 0 Å². The molecule has 2 heterocycles. The smallest absolute Gasteiger partial charge is 0.252 e. The molecule has 1 aromatic heterocycles. The van der Waals surface area contributed by atoms with E-state index < -0.39 is 0 Å². The standard InChI is InChI=1S/C21H28N4O2/c1-24-12-14-25(15-13-24)20-10-7-18(16-23-20)21(26)22-11-3-4-17-5-8-19(27-2)9-6-17/h5-10,16H,3-4,11-15H2,1-2H3,(H,22,26). The number of ether oxygens (including phenoxy) is 1. The molecule has 1 aliphatic heterocycles. The molecular weight excluding hydrogens is 340 g/mol. The molecule has 1 amide bonds. The van der Waals surface area contributed by atoms with Gasteiger partial charge < -0.3 is 19.9 Å². The zero-order valence-electron chi connectivity index (χ0n) is 16.1. The molecule has 0 atom stereocenters. The van der Waals surface area contributed by atoms with Crippen LogP contribution < -0.4 is 15.0 Å². The van der Waals surface area contributed by atoms with Gasteiger partial charge in [-0.05, 0) is 49.7 Å². The number of rotatable bonds is 7. The Hall–Kier alpha value is -2.60. The van der Waals surface area contributed by atoms with Crippen molar-refractivity contribution in [3.05, 3.63) is 53.7 Å². The van der Waals surface area contributed by atoms with Crippen LogP contribution in [0.25, 0.3) is 0 Å². The van der Waals surface area contributed by atoms with Crippen LogP contribution in [0.2, 0.25) is 0 Å². The number of methoxy groups -OCH3 is 1. The molecule has 1 aromatic carbocycles. The van der Waals surface area contributed by atoms with Crippen molar-refractivity contribution in [1.82, 2.24) is 15.2 Å². The van der Waals surface area contributed by atoms with Gasteiger partial charge in [-0.1, -0.05) is 12.1 Å². The lowest BCUT2D eigenvalue weighted by Crippen LogP contribution is -2.44. The van der Waals surface area contributed by atoms with Crippen molar-refractivity contribution in [2.24, 2.45) is 0 Å². The van der Waals surface area contributed by atoms with Crippen LogP contribution in [-0.2, 0) is 6.42 Å². The highest BCUT2D eigenvalue weighted by atomic mass is 16.5. The number of pyridine rings is 1. The summed E-state index contributed by atoms with van der Waals surface area (Å²) in [7, 11) is 3.80. The van der Waals surface area contributed by atoms with E-state index in [-0.39, 0.29) is 5.91 Å². The number of piperazine rings is 1. The van der Waals surface area contributed by atoms with Crippen LogP contribution in [0, 0.1) is 0 Å². The number of likely N-dealkylation sites (N-methyl/N-ethyl adjacent to an activating group) is 1. The van der Waals surface area contributed by atoms with Crippen LogP contribution in [-0.4, -0.2) is 62.7 Å². The van der Waals surface area contributed by atoms with Gasteiger partial charge >= 0.3 is 0 Å². The fourth-order valence-electron chi connectivity index (χ4n) is 3.13. The monoisotopic (exact) mass is 368 g/mol. The van der Waals surface area contributed by atoms with Gasteiger partial charge in [0.25, 0.3) is 5.91 Å². The molecule has 6 heteroatoms. The fourth-order valence-corrected chi connectivity index (χ4v) is 3.13. The fraction of sp³-hybridized carbons (Fsp3) is 0.429. The maximum absolute atomic E-state index is 12.3. The molecule has 144 valence electrons. The Morgan fingerprint density at radius 3 is 2.48 bits per heavy atom. The largest absolute Gasteiger partial charge is 0.497 e. The second-order valence-corrected chi connectivity index (χ2v) is 6.90. The lowest BCUT2D eigenvalue weighted by molar-refractivity contribution is 0.0953. The SMILES string of the molecule is COc1ccc(CCCNC(=O)c2ccc(N3CCN(C)CC3)nc2)cc1. The third-order valence-electron chi connectivity index (χ3n) is 4.92. The molecule has 0 spiro atoms. The Morgan fingerprint density at radius 2 is 1.85 bits per heavy atom. The molecule has 0 bridgehead atoms. The number of hydrogen-bond donors (Lipinski definition) is 1. The molecule has 27 heavy (non-hydrogen) atoms. The lowest BCUT2D eigenvalue weighted by Gasteiger charge is -2.33. The predicted octanol–water partition coefficient (Wildman–Crippen LogP) is 2.20. The molecule has 0 saturated carbocycles. The molecular formula is C21H28N4O2. The number of benzene rings is 1. The third kappa shape index (κ3) is 5.44. The highest BCUT2D eigenvalue weighted by Gasteiger charge is 2.15. The second-order valence-electron chi connectivity index (χ2n) is 6.90. The maximum atomic E-state index is 12.3. The topological polar surface area (TPSA) is 57.7 Å². The molecule has 1 fully saturated rings. The van der Waals surface area contributed by atoms with E-state index in [2.05, 4.69) is 39.3 Å². The van der Waals surface area contributed by atoms with E-state index in [9.17, 15) is 4.79 Å². The first-order chi connectivity index (χ1) is 13.2. The number of carbonyl (C=O) groups is 1. The quantitative estimate of drug-likeness (QED) is 0.760. The number of carbonyl (C=O) groups excluding carboxylic acids is 1. The average molecular weight is 368 g/mol. The molecule has 3 rings (SSSR count). The minimum Gasteiger partial charge on any atom is -0.497 e. The van der Waals surface area contributed by atoms with E-state index in [1.807, 2.05) is 24.3 Å². The van der Waals surface area contributed by atoms with Crippen molar-refractivity contribution < 1.29 is 9.53 Å². The molecule has 0 unspecified atom stereocenters. The van der Waals surface area contributed by atoms with Gasteiger partial charge in [-0.15, -0.1) is 0 Å². The summed E-state index contributed by atoms with van der Waals surface area (Å²) in [6, 6.07) is 11.8. The van der Waals surface area contributed by atoms with Gasteiger partial charge in [0.2, 0.25) is 0 Å². The Bertz CT molecular complexity index is 723. The van der Waals surface area contributed by atoms with E-state index in [0.29, 0.717) is 12.1 Å². The van der Waals surface area contributed by atoms with E-state index in [4.69, 9.17) is 4.74 Å². The summed E-state index contributed by atoms with van der Waals surface area (Å²) in [6.45, 7) is 4.67. The van der Waals surface area contributed by atoms with Crippen molar-refractivity contribution in [2.75, 3.05) is 51.8 Å². The zero-order chi connectivity index (χ0) is 19.1. The van der Waals surface area contributed by atoms with Gasteiger partial charge in [-0.25, -0.2) is 4.98 Å². The van der Waals surface area contributed by atoms with E-state index in [1.165, 1.54) is 5.56 Å². The minimum absolute atomic E-state index is 0.0674. The number of aromatic nitrogens is 1. The summed E-state index contributed by atoms with van der Waals surface area (Å²) in [5.74, 6) is 1.74. The summed E-state index contributed by atoms with van der Waals surface area (Å²) >= 11 is 0. The predicted molar refractivity (Wildman–Crippen MR) is 108 cm³/mol. The van der Waals surface area contributed by atoms with E-state index >= 15 is 0 Å². The number of nitrogens with zero attached hydrogens (tertiary/aromatic N) is 3. The van der Waals surface area contributed by atoms with Crippen molar-refractivity contribution in [2.45, 2.75) is 12.8 Å². The summed E-state index contributed by atoms with van der Waals surface area (Å²) in [6.07, 6.45) is 3.49. The van der Waals surface area contributed by atoms with Gasteiger partial charge in [0.1, 0.15) is 11.6 Å². The molecule has 0 aliphatic carbocycles. The summed E-state index contributed by atoms with van der Waals surface area (Å²) in [5, 5.41) is 2.97. The van der Waals surface area contributed by atoms with Gasteiger partial charge in [0, 0.05) is 38.9 Å². The first-order valence-corrected chi connectivity index (χ1v) is 9.46. The first-order valence-electron chi connectivity index (χ1n) is 9.46. The average Bonchev–Trinajstić information content (AvgIpc) is 2.72. The number of hydrogen-bond acceptors (Lipinski definition) is 5. The zero-order valence-corrected chi connectivity index (χ0v) is 16.1. The van der Waals surface area contributed by atoms with Gasteiger partial charge in [0.05, 0.1) is 12.7 Å². The van der Waals surface area contributed by atoms with E-state index in [0.717, 1.165) is 50.6 Å². The maximum Gasteiger partial charge on any atom is 0.252 e. The van der Waals surface area contributed by atoms with E-state index in [1.54, 1.807) is 13.3 Å². The Balaban J connectivity index is 1.42. The number of nitrogens with one attached hydrogen (secondary N) is 1. The van der Waals surface area contributed by atoms with Crippen molar-refractivity contribution in [1.29, 1.82) is 0 Å².